The molecule has 29 heavy (non-hydrogen) atoms. The van der Waals surface area contributed by atoms with Crippen LogP contribution in [0.3, 0.4) is 0 Å². The third-order valence-electron chi connectivity index (χ3n) is 5.16. The first-order chi connectivity index (χ1) is 14.1. The molecule has 0 aliphatic carbocycles. The van der Waals surface area contributed by atoms with Gasteiger partial charge in [-0.15, -0.1) is 0 Å². The van der Waals surface area contributed by atoms with E-state index in [4.69, 9.17) is 9.47 Å². The largest absolute Gasteiger partial charge is 0.494 e. The van der Waals surface area contributed by atoms with Crippen molar-refractivity contribution in [3.8, 4) is 5.75 Å². The van der Waals surface area contributed by atoms with Gasteiger partial charge in [-0.05, 0) is 48.9 Å². The molecule has 1 aliphatic heterocycles. The van der Waals surface area contributed by atoms with Crippen molar-refractivity contribution in [3.05, 3.63) is 59.7 Å². The summed E-state index contributed by atoms with van der Waals surface area (Å²) in [6.45, 7) is 6.26. The third-order valence-corrected chi connectivity index (χ3v) is 5.16. The molecule has 156 valence electrons. The molecule has 0 unspecified atom stereocenters. The summed E-state index contributed by atoms with van der Waals surface area (Å²) in [5, 5.41) is 3.11. The second kappa shape index (κ2) is 10.3. The number of amides is 1. The van der Waals surface area contributed by atoms with Crippen LogP contribution in [0.2, 0.25) is 0 Å². The van der Waals surface area contributed by atoms with E-state index in [-0.39, 0.29) is 11.9 Å². The van der Waals surface area contributed by atoms with Gasteiger partial charge in [0.05, 0.1) is 25.9 Å². The lowest BCUT2D eigenvalue weighted by molar-refractivity contribution is 0.0162. The van der Waals surface area contributed by atoms with Crippen molar-refractivity contribution in [2.24, 2.45) is 0 Å². The number of carbonyl (C=O) groups is 1. The van der Waals surface area contributed by atoms with Gasteiger partial charge in [0.1, 0.15) is 5.75 Å². The van der Waals surface area contributed by atoms with Gasteiger partial charge in [0, 0.05) is 45.0 Å². The second-order valence-corrected chi connectivity index (χ2v) is 7.32. The molecule has 1 fully saturated rings. The van der Waals surface area contributed by atoms with Gasteiger partial charge in [0.15, 0.2) is 0 Å². The zero-order chi connectivity index (χ0) is 20.6. The minimum absolute atomic E-state index is 0.0729. The summed E-state index contributed by atoms with van der Waals surface area (Å²) in [5.41, 5.74) is 2.99. The van der Waals surface area contributed by atoms with E-state index >= 15 is 0 Å². The lowest BCUT2D eigenvalue weighted by atomic mass is 10.0. The minimum atomic E-state index is -0.0729. The quantitative estimate of drug-likeness (QED) is 0.742. The van der Waals surface area contributed by atoms with Crippen molar-refractivity contribution >= 4 is 11.6 Å². The van der Waals surface area contributed by atoms with E-state index in [9.17, 15) is 4.79 Å². The first-order valence-electron chi connectivity index (χ1n) is 10.2. The number of nitrogens with one attached hydrogen (secondary N) is 1. The van der Waals surface area contributed by atoms with Crippen LogP contribution >= 0.6 is 0 Å². The summed E-state index contributed by atoms with van der Waals surface area (Å²) in [6.07, 6.45) is 0. The van der Waals surface area contributed by atoms with Crippen LogP contribution in [-0.4, -0.2) is 64.4 Å². The fourth-order valence-corrected chi connectivity index (χ4v) is 3.50. The van der Waals surface area contributed by atoms with Crippen molar-refractivity contribution in [1.29, 1.82) is 0 Å². The van der Waals surface area contributed by atoms with Gasteiger partial charge >= 0.3 is 0 Å². The van der Waals surface area contributed by atoms with Gasteiger partial charge < -0.3 is 19.7 Å². The summed E-state index contributed by atoms with van der Waals surface area (Å²) >= 11 is 0. The number of rotatable bonds is 8. The van der Waals surface area contributed by atoms with Crippen LogP contribution in [0.4, 0.5) is 5.69 Å². The van der Waals surface area contributed by atoms with Crippen LogP contribution in [-0.2, 0) is 4.74 Å². The van der Waals surface area contributed by atoms with E-state index in [1.54, 1.807) is 12.1 Å². The van der Waals surface area contributed by atoms with Crippen molar-refractivity contribution in [2.45, 2.75) is 13.0 Å². The van der Waals surface area contributed by atoms with Crippen molar-refractivity contribution in [2.75, 3.05) is 58.5 Å². The van der Waals surface area contributed by atoms with Crippen LogP contribution in [0.5, 0.6) is 5.75 Å². The number of hydrogen-bond acceptors (Lipinski definition) is 5. The molecule has 0 bridgehead atoms. The maximum Gasteiger partial charge on any atom is 0.251 e. The number of hydrogen-bond donors (Lipinski definition) is 1. The summed E-state index contributed by atoms with van der Waals surface area (Å²) in [4.78, 5) is 17.1. The van der Waals surface area contributed by atoms with E-state index in [1.807, 2.05) is 33.2 Å². The molecule has 0 aromatic heterocycles. The highest BCUT2D eigenvalue weighted by Crippen LogP contribution is 2.24. The molecular formula is C23H31N3O3. The SMILES string of the molecule is CCOc1ccc(C(=O)NC[C@H](c2ccc(N(C)C)cc2)N2CCOCC2)cc1. The second-order valence-electron chi connectivity index (χ2n) is 7.32. The van der Waals surface area contributed by atoms with E-state index in [2.05, 4.69) is 39.4 Å². The average molecular weight is 398 g/mol. The summed E-state index contributed by atoms with van der Waals surface area (Å²) in [7, 11) is 4.07. The highest BCUT2D eigenvalue weighted by Gasteiger charge is 2.23. The van der Waals surface area contributed by atoms with Crippen LogP contribution < -0.4 is 15.0 Å². The van der Waals surface area contributed by atoms with Gasteiger partial charge in [-0.2, -0.15) is 0 Å². The molecule has 1 aliphatic rings. The number of nitrogens with zero attached hydrogens (tertiary/aromatic N) is 2. The molecule has 1 amide bonds. The first-order valence-corrected chi connectivity index (χ1v) is 10.2. The average Bonchev–Trinajstić information content (AvgIpc) is 2.75. The number of carbonyl (C=O) groups excluding carboxylic acids is 1. The lowest BCUT2D eigenvalue weighted by Gasteiger charge is -2.35. The van der Waals surface area contributed by atoms with Gasteiger partial charge in [0.2, 0.25) is 0 Å². The van der Waals surface area contributed by atoms with Gasteiger partial charge in [-0.3, -0.25) is 9.69 Å². The van der Waals surface area contributed by atoms with Gasteiger partial charge in [-0.1, -0.05) is 12.1 Å². The van der Waals surface area contributed by atoms with Crippen LogP contribution in [0.15, 0.2) is 48.5 Å². The van der Waals surface area contributed by atoms with Crippen LogP contribution in [0, 0.1) is 0 Å². The van der Waals surface area contributed by atoms with E-state index < -0.39 is 0 Å². The lowest BCUT2D eigenvalue weighted by Crippen LogP contribution is -2.43. The predicted molar refractivity (Wildman–Crippen MR) is 116 cm³/mol. The Hall–Kier alpha value is -2.57. The molecule has 2 aromatic carbocycles. The highest BCUT2D eigenvalue weighted by atomic mass is 16.5. The molecule has 6 nitrogen and oxygen atoms in total. The normalized spacial score (nSPS) is 15.6. The Balaban J connectivity index is 1.70. The predicted octanol–water partition coefficient (Wildman–Crippen LogP) is 2.95. The summed E-state index contributed by atoms with van der Waals surface area (Å²) in [6, 6.07) is 15.9. The Morgan fingerprint density at radius 2 is 1.76 bits per heavy atom. The topological polar surface area (TPSA) is 54.0 Å². The third kappa shape index (κ3) is 5.71. The molecule has 2 aromatic rings. The van der Waals surface area contributed by atoms with E-state index in [0.717, 1.165) is 37.7 Å². The summed E-state index contributed by atoms with van der Waals surface area (Å²) in [5.74, 6) is 0.701. The zero-order valence-corrected chi connectivity index (χ0v) is 17.6. The maximum absolute atomic E-state index is 12.7. The fourth-order valence-electron chi connectivity index (χ4n) is 3.50. The first kappa shape index (κ1) is 21.1. The van der Waals surface area contributed by atoms with Gasteiger partial charge in [0.25, 0.3) is 5.91 Å². The van der Waals surface area contributed by atoms with E-state index in [1.165, 1.54) is 5.56 Å². The Morgan fingerprint density at radius 3 is 2.34 bits per heavy atom. The molecule has 1 N–H and O–H groups in total. The Bertz CT molecular complexity index is 769. The molecule has 1 atom stereocenters. The van der Waals surface area contributed by atoms with Crippen molar-refractivity contribution in [3.63, 3.8) is 0 Å². The molecule has 1 heterocycles. The molecule has 6 heteroatoms. The van der Waals surface area contributed by atoms with Crippen molar-refractivity contribution < 1.29 is 14.3 Å². The molecule has 0 saturated carbocycles. The molecule has 0 spiro atoms. The number of morpholine rings is 1. The van der Waals surface area contributed by atoms with Gasteiger partial charge in [-0.25, -0.2) is 0 Å². The Morgan fingerprint density at radius 1 is 1.10 bits per heavy atom. The standard InChI is InChI=1S/C23H31N3O3/c1-4-29-21-11-7-19(8-12-21)23(27)24-17-22(26-13-15-28-16-14-26)18-5-9-20(10-6-18)25(2)3/h5-12,22H,4,13-17H2,1-3H3,(H,24,27)/t22-/m1/s1. The fraction of sp³-hybridized carbons (Fsp3) is 0.435. The monoisotopic (exact) mass is 397 g/mol. The molecule has 0 radical (unpaired) electrons. The number of benzene rings is 2. The smallest absolute Gasteiger partial charge is 0.251 e. The zero-order valence-electron chi connectivity index (χ0n) is 17.6. The van der Waals surface area contributed by atoms with Crippen LogP contribution in [0.1, 0.15) is 28.9 Å². The molecule has 3 rings (SSSR count). The van der Waals surface area contributed by atoms with E-state index in [0.29, 0.717) is 18.7 Å². The Kier molecular flexibility index (Phi) is 7.49. The maximum atomic E-state index is 12.7. The molecular weight excluding hydrogens is 366 g/mol. The van der Waals surface area contributed by atoms with Crippen LogP contribution in [0.25, 0.3) is 0 Å². The summed E-state index contributed by atoms with van der Waals surface area (Å²) < 4.78 is 11.0. The number of anilines is 1. The van der Waals surface area contributed by atoms with Crippen molar-refractivity contribution in [1.82, 2.24) is 10.2 Å². The number of ether oxygens (including phenoxy) is 2. The highest BCUT2D eigenvalue weighted by molar-refractivity contribution is 5.94. The minimum Gasteiger partial charge on any atom is -0.494 e. The Labute approximate surface area is 173 Å². The molecule has 1 saturated heterocycles.